The summed E-state index contributed by atoms with van der Waals surface area (Å²) in [4.78, 5) is 16.3. The molecule has 0 saturated carbocycles. The van der Waals surface area contributed by atoms with Gasteiger partial charge < -0.3 is 10.1 Å². The first-order valence-corrected chi connectivity index (χ1v) is 7.14. The molecule has 1 aromatic carbocycles. The Labute approximate surface area is 130 Å². The molecule has 0 bridgehead atoms. The number of hydrogen-bond acceptors (Lipinski definition) is 3. The Morgan fingerprint density at radius 2 is 2.14 bits per heavy atom. The van der Waals surface area contributed by atoms with Gasteiger partial charge in [-0.2, -0.15) is 0 Å². The van der Waals surface area contributed by atoms with Crippen LogP contribution in [0.3, 0.4) is 0 Å². The monoisotopic (exact) mass is 352 g/mol. The van der Waals surface area contributed by atoms with E-state index in [9.17, 15) is 9.18 Å². The zero-order chi connectivity index (χ0) is 15.4. The van der Waals surface area contributed by atoms with Crippen LogP contribution in [0.5, 0.6) is 5.88 Å². The predicted octanol–water partition coefficient (Wildman–Crippen LogP) is 4.02. The second kappa shape index (κ2) is 6.67. The van der Waals surface area contributed by atoms with Crippen molar-refractivity contribution in [1.29, 1.82) is 0 Å². The Balaban J connectivity index is 2.23. The number of aromatic nitrogens is 1. The van der Waals surface area contributed by atoms with E-state index in [1.165, 1.54) is 18.2 Å². The van der Waals surface area contributed by atoms with Gasteiger partial charge in [-0.05, 0) is 60.1 Å². The first-order chi connectivity index (χ1) is 9.97. The Morgan fingerprint density at radius 1 is 1.38 bits per heavy atom. The van der Waals surface area contributed by atoms with Gasteiger partial charge in [-0.1, -0.05) is 0 Å². The Bertz CT molecular complexity index is 662. The highest BCUT2D eigenvalue weighted by atomic mass is 79.9. The highest BCUT2D eigenvalue weighted by Crippen LogP contribution is 2.24. The molecule has 110 valence electrons. The molecule has 2 rings (SSSR count). The predicted molar refractivity (Wildman–Crippen MR) is 82.1 cm³/mol. The van der Waals surface area contributed by atoms with Gasteiger partial charge in [-0.25, -0.2) is 9.37 Å². The third-order valence-corrected chi connectivity index (χ3v) is 3.20. The van der Waals surface area contributed by atoms with Gasteiger partial charge in [0.05, 0.1) is 11.7 Å². The lowest BCUT2D eigenvalue weighted by Crippen LogP contribution is -2.15. The van der Waals surface area contributed by atoms with E-state index in [1.807, 2.05) is 13.8 Å². The number of carbonyl (C=O) groups is 1. The van der Waals surface area contributed by atoms with E-state index >= 15 is 0 Å². The van der Waals surface area contributed by atoms with E-state index in [2.05, 4.69) is 26.2 Å². The number of hydrogen-bond donors (Lipinski definition) is 1. The van der Waals surface area contributed by atoms with Gasteiger partial charge in [-0.3, -0.25) is 4.79 Å². The van der Waals surface area contributed by atoms with Crippen LogP contribution in [0.1, 0.15) is 24.2 Å². The number of benzene rings is 1. The zero-order valence-corrected chi connectivity index (χ0v) is 13.1. The molecule has 0 spiro atoms. The lowest BCUT2D eigenvalue weighted by atomic mass is 10.2. The molecule has 0 fully saturated rings. The molecule has 0 aliphatic heterocycles. The van der Waals surface area contributed by atoms with Crippen molar-refractivity contribution in [2.24, 2.45) is 0 Å². The van der Waals surface area contributed by atoms with E-state index in [0.717, 1.165) is 0 Å². The van der Waals surface area contributed by atoms with E-state index in [4.69, 9.17) is 4.74 Å². The number of halogens is 2. The van der Waals surface area contributed by atoms with Crippen molar-refractivity contribution >= 4 is 27.5 Å². The molecule has 0 atom stereocenters. The van der Waals surface area contributed by atoms with E-state index in [0.29, 0.717) is 21.6 Å². The van der Waals surface area contributed by atoms with Crippen molar-refractivity contribution in [1.82, 2.24) is 4.98 Å². The van der Waals surface area contributed by atoms with Gasteiger partial charge in [0.25, 0.3) is 5.91 Å². The first kappa shape index (κ1) is 15.4. The summed E-state index contributed by atoms with van der Waals surface area (Å²) in [5.74, 6) is -0.439. The summed E-state index contributed by atoms with van der Waals surface area (Å²) < 4.78 is 19.0. The van der Waals surface area contributed by atoms with E-state index in [-0.39, 0.29) is 12.0 Å². The van der Waals surface area contributed by atoms with Crippen molar-refractivity contribution in [3.8, 4) is 5.88 Å². The zero-order valence-electron chi connectivity index (χ0n) is 11.6. The van der Waals surface area contributed by atoms with Crippen molar-refractivity contribution < 1.29 is 13.9 Å². The quantitative estimate of drug-likeness (QED) is 0.903. The Hall–Kier alpha value is -1.95. The van der Waals surface area contributed by atoms with Crippen LogP contribution in [0.2, 0.25) is 0 Å². The van der Waals surface area contributed by atoms with Crippen LogP contribution in [-0.2, 0) is 0 Å². The minimum atomic E-state index is -0.413. The Morgan fingerprint density at radius 3 is 2.81 bits per heavy atom. The summed E-state index contributed by atoms with van der Waals surface area (Å²) in [6, 6.07) is 7.27. The maximum absolute atomic E-state index is 13.1. The van der Waals surface area contributed by atoms with Crippen molar-refractivity contribution in [3.05, 3.63) is 52.4 Å². The lowest BCUT2D eigenvalue weighted by Gasteiger charge is -2.13. The number of anilines is 1. The SMILES string of the molecule is CC(C)Oc1ncccc1NC(=O)c1ccc(F)cc1Br. The highest BCUT2D eigenvalue weighted by molar-refractivity contribution is 9.10. The summed E-state index contributed by atoms with van der Waals surface area (Å²) in [6.45, 7) is 3.74. The van der Waals surface area contributed by atoms with Gasteiger partial charge in [0, 0.05) is 10.7 Å². The fraction of sp³-hybridized carbons (Fsp3) is 0.200. The number of pyridine rings is 1. The molecule has 4 nitrogen and oxygen atoms in total. The van der Waals surface area contributed by atoms with Crippen LogP contribution >= 0.6 is 15.9 Å². The summed E-state index contributed by atoms with van der Waals surface area (Å²) in [5, 5.41) is 2.71. The van der Waals surface area contributed by atoms with Gasteiger partial charge >= 0.3 is 0 Å². The van der Waals surface area contributed by atoms with Crippen LogP contribution in [-0.4, -0.2) is 17.0 Å². The van der Waals surface area contributed by atoms with Gasteiger partial charge in [-0.15, -0.1) is 0 Å². The topological polar surface area (TPSA) is 51.2 Å². The molecule has 0 unspecified atom stereocenters. The number of nitrogens with zero attached hydrogens (tertiary/aromatic N) is 1. The molecule has 0 saturated heterocycles. The normalized spacial score (nSPS) is 10.5. The molecule has 0 aliphatic carbocycles. The third-order valence-electron chi connectivity index (χ3n) is 2.54. The molecular weight excluding hydrogens is 339 g/mol. The summed E-state index contributed by atoms with van der Waals surface area (Å²) in [7, 11) is 0. The molecule has 1 amide bonds. The Kier molecular flexibility index (Phi) is 4.90. The minimum Gasteiger partial charge on any atom is -0.473 e. The van der Waals surface area contributed by atoms with Crippen molar-refractivity contribution in [3.63, 3.8) is 0 Å². The number of rotatable bonds is 4. The molecule has 2 aromatic rings. The van der Waals surface area contributed by atoms with Crippen LogP contribution in [0.4, 0.5) is 10.1 Å². The van der Waals surface area contributed by atoms with E-state index < -0.39 is 5.82 Å². The average molecular weight is 353 g/mol. The standard InChI is InChI=1S/C15H14BrFN2O2/c1-9(2)21-15-13(4-3-7-18-15)19-14(20)11-6-5-10(17)8-12(11)16/h3-9H,1-2H3,(H,19,20). The average Bonchev–Trinajstić information content (AvgIpc) is 2.40. The number of nitrogens with one attached hydrogen (secondary N) is 1. The molecule has 6 heteroatoms. The largest absolute Gasteiger partial charge is 0.473 e. The molecule has 21 heavy (non-hydrogen) atoms. The first-order valence-electron chi connectivity index (χ1n) is 6.35. The summed E-state index contributed by atoms with van der Waals surface area (Å²) in [5.41, 5.74) is 0.795. The molecular formula is C15H14BrFN2O2. The van der Waals surface area contributed by atoms with Crippen LogP contribution in [0, 0.1) is 5.82 Å². The maximum atomic E-state index is 13.1. The number of carbonyl (C=O) groups excluding carboxylic acids is 1. The molecule has 1 N–H and O–H groups in total. The van der Waals surface area contributed by atoms with E-state index in [1.54, 1.807) is 18.3 Å². The van der Waals surface area contributed by atoms with Crippen molar-refractivity contribution in [2.45, 2.75) is 20.0 Å². The third kappa shape index (κ3) is 4.01. The molecule has 1 aromatic heterocycles. The summed E-state index contributed by atoms with van der Waals surface area (Å²) in [6.07, 6.45) is 1.52. The van der Waals surface area contributed by atoms with Gasteiger partial charge in [0.1, 0.15) is 11.5 Å². The smallest absolute Gasteiger partial charge is 0.256 e. The fourth-order valence-electron chi connectivity index (χ4n) is 1.67. The second-order valence-corrected chi connectivity index (χ2v) is 5.46. The number of amides is 1. The summed E-state index contributed by atoms with van der Waals surface area (Å²) >= 11 is 3.17. The molecule has 0 aliphatic rings. The molecule has 1 heterocycles. The van der Waals surface area contributed by atoms with Crippen LogP contribution < -0.4 is 10.1 Å². The lowest BCUT2D eigenvalue weighted by molar-refractivity contribution is 0.102. The van der Waals surface area contributed by atoms with Crippen LogP contribution in [0.15, 0.2) is 41.0 Å². The number of ether oxygens (including phenoxy) is 1. The molecule has 0 radical (unpaired) electrons. The van der Waals surface area contributed by atoms with Crippen LogP contribution in [0.25, 0.3) is 0 Å². The van der Waals surface area contributed by atoms with Crippen molar-refractivity contribution in [2.75, 3.05) is 5.32 Å². The van der Waals surface area contributed by atoms with Gasteiger partial charge in [0.2, 0.25) is 5.88 Å². The highest BCUT2D eigenvalue weighted by Gasteiger charge is 2.14. The fourth-order valence-corrected chi connectivity index (χ4v) is 2.20. The minimum absolute atomic E-state index is 0.0619. The van der Waals surface area contributed by atoms with Gasteiger partial charge in [0.15, 0.2) is 0 Å². The maximum Gasteiger partial charge on any atom is 0.256 e. The second-order valence-electron chi connectivity index (χ2n) is 4.60.